The molecule has 7 nitrogen and oxygen atoms in total. The number of nitrogens with zero attached hydrogens (tertiary/aromatic N) is 3. The van der Waals surface area contributed by atoms with Crippen LogP contribution in [0.4, 0.5) is 5.69 Å². The van der Waals surface area contributed by atoms with E-state index in [-0.39, 0.29) is 22.9 Å². The van der Waals surface area contributed by atoms with Gasteiger partial charge in [0, 0.05) is 24.1 Å². The average Bonchev–Trinajstić information content (AvgIpc) is 2.82. The minimum absolute atomic E-state index is 0.105. The van der Waals surface area contributed by atoms with Gasteiger partial charge >= 0.3 is 5.69 Å². The van der Waals surface area contributed by atoms with Crippen molar-refractivity contribution in [3.63, 3.8) is 0 Å². The van der Waals surface area contributed by atoms with Gasteiger partial charge in [-0.25, -0.2) is 0 Å². The summed E-state index contributed by atoms with van der Waals surface area (Å²) in [4.78, 5) is 14.1. The van der Waals surface area contributed by atoms with Crippen molar-refractivity contribution in [1.29, 1.82) is 5.26 Å². The normalized spacial score (nSPS) is 14.5. The van der Waals surface area contributed by atoms with Crippen molar-refractivity contribution in [3.05, 3.63) is 51.7 Å². The molecule has 1 aromatic heterocycles. The molecule has 1 aliphatic heterocycles. The molecular formula is C16H13N3O4. The number of pyridine rings is 1. The van der Waals surface area contributed by atoms with Crippen molar-refractivity contribution in [1.82, 2.24) is 4.98 Å². The molecule has 0 amide bonds. The molecular weight excluding hydrogens is 298 g/mol. The van der Waals surface area contributed by atoms with Crippen molar-refractivity contribution < 1.29 is 14.4 Å². The van der Waals surface area contributed by atoms with E-state index < -0.39 is 4.92 Å². The molecule has 3 rings (SSSR count). The van der Waals surface area contributed by atoms with Gasteiger partial charge in [-0.2, -0.15) is 10.2 Å². The number of fused-ring (bicyclic) bond motifs is 1. The molecule has 7 heteroatoms. The summed E-state index contributed by atoms with van der Waals surface area (Å²) in [6, 6.07) is 9.80. The van der Waals surface area contributed by atoms with Gasteiger partial charge in [0.1, 0.15) is 11.7 Å². The maximum atomic E-state index is 10.8. The molecule has 2 aromatic rings. The number of nitro groups is 1. The highest BCUT2D eigenvalue weighted by Crippen LogP contribution is 2.43. The summed E-state index contributed by atoms with van der Waals surface area (Å²) in [6.45, 7) is 3.96. The van der Waals surface area contributed by atoms with Crippen LogP contribution in [0.2, 0.25) is 0 Å². The molecule has 23 heavy (non-hydrogen) atoms. The number of para-hydroxylation sites is 1. The van der Waals surface area contributed by atoms with Crippen LogP contribution in [-0.4, -0.2) is 15.5 Å². The molecule has 0 N–H and O–H groups in total. The van der Waals surface area contributed by atoms with E-state index >= 15 is 0 Å². The number of ether oxygens (including phenoxy) is 2. The van der Waals surface area contributed by atoms with E-state index in [9.17, 15) is 10.1 Å². The van der Waals surface area contributed by atoms with Crippen LogP contribution in [0, 0.1) is 21.4 Å². The van der Waals surface area contributed by atoms with Crippen LogP contribution < -0.4 is 9.47 Å². The Morgan fingerprint density at radius 1 is 1.39 bits per heavy atom. The third-order valence-electron chi connectivity index (χ3n) is 3.42. The molecule has 0 unspecified atom stereocenters. The Balaban J connectivity index is 1.95. The standard InChI is InChI=1S/C16H13N3O4/c1-16(2)8-10-4-3-5-13(15(10)23-16)22-14-7-6-12(19(20)21)11(9-17)18-14/h3-7H,8H2,1-2H3. The second-order valence-electron chi connectivity index (χ2n) is 5.77. The van der Waals surface area contributed by atoms with Crippen molar-refractivity contribution in [2.75, 3.05) is 0 Å². The monoisotopic (exact) mass is 311 g/mol. The third-order valence-corrected chi connectivity index (χ3v) is 3.42. The van der Waals surface area contributed by atoms with Crippen LogP contribution in [0.3, 0.4) is 0 Å². The Bertz CT molecular complexity index is 840. The topological polar surface area (TPSA) is 98.3 Å². The maximum Gasteiger partial charge on any atom is 0.305 e. The van der Waals surface area contributed by atoms with Gasteiger partial charge in [-0.3, -0.25) is 10.1 Å². The summed E-state index contributed by atoms with van der Waals surface area (Å²) in [6.07, 6.45) is 0.761. The lowest BCUT2D eigenvalue weighted by Gasteiger charge is -2.18. The van der Waals surface area contributed by atoms with Crippen LogP contribution in [-0.2, 0) is 6.42 Å². The number of hydrogen-bond acceptors (Lipinski definition) is 6. The number of aromatic nitrogens is 1. The Kier molecular flexibility index (Phi) is 3.37. The van der Waals surface area contributed by atoms with E-state index in [2.05, 4.69) is 4.98 Å². The van der Waals surface area contributed by atoms with Gasteiger partial charge in [-0.1, -0.05) is 12.1 Å². The second kappa shape index (κ2) is 5.25. The molecule has 1 aromatic carbocycles. The first kappa shape index (κ1) is 14.8. The summed E-state index contributed by atoms with van der Waals surface area (Å²) < 4.78 is 11.6. The van der Waals surface area contributed by atoms with Crippen LogP contribution in [0.5, 0.6) is 17.4 Å². The smallest absolute Gasteiger partial charge is 0.305 e. The molecule has 2 heterocycles. The number of rotatable bonds is 3. The zero-order chi connectivity index (χ0) is 16.6. The van der Waals surface area contributed by atoms with E-state index in [0.717, 1.165) is 12.0 Å². The Morgan fingerprint density at radius 3 is 2.87 bits per heavy atom. The average molecular weight is 311 g/mol. The van der Waals surface area contributed by atoms with E-state index in [4.69, 9.17) is 14.7 Å². The van der Waals surface area contributed by atoms with Gasteiger partial charge in [0.15, 0.2) is 11.5 Å². The number of nitriles is 1. The van der Waals surface area contributed by atoms with Crippen LogP contribution in [0.1, 0.15) is 25.1 Å². The Labute approximate surface area is 132 Å². The predicted octanol–water partition coefficient (Wildman–Crippen LogP) is 3.37. The van der Waals surface area contributed by atoms with Gasteiger partial charge in [0.05, 0.1) is 4.92 Å². The third kappa shape index (κ3) is 2.79. The first-order chi connectivity index (χ1) is 10.9. The SMILES string of the molecule is CC1(C)Cc2cccc(Oc3ccc([N+](=O)[O-])c(C#N)n3)c2O1. The van der Waals surface area contributed by atoms with E-state index in [1.807, 2.05) is 26.0 Å². The van der Waals surface area contributed by atoms with Crippen molar-refractivity contribution in [2.45, 2.75) is 25.9 Å². The molecule has 0 atom stereocenters. The highest BCUT2D eigenvalue weighted by Gasteiger charge is 2.32. The molecule has 0 radical (unpaired) electrons. The summed E-state index contributed by atoms with van der Waals surface area (Å²) in [7, 11) is 0. The zero-order valence-electron chi connectivity index (χ0n) is 12.6. The van der Waals surface area contributed by atoms with Gasteiger partial charge in [0.25, 0.3) is 0 Å². The van der Waals surface area contributed by atoms with Gasteiger partial charge < -0.3 is 9.47 Å². The van der Waals surface area contributed by atoms with Crippen LogP contribution >= 0.6 is 0 Å². The summed E-state index contributed by atoms with van der Waals surface area (Å²) in [5.74, 6) is 1.21. The minimum atomic E-state index is -0.652. The highest BCUT2D eigenvalue weighted by molar-refractivity contribution is 5.52. The zero-order valence-corrected chi connectivity index (χ0v) is 12.6. The molecule has 1 aliphatic rings. The van der Waals surface area contributed by atoms with Crippen molar-refractivity contribution in [2.24, 2.45) is 0 Å². The van der Waals surface area contributed by atoms with E-state index in [1.165, 1.54) is 12.1 Å². The summed E-state index contributed by atoms with van der Waals surface area (Å²) >= 11 is 0. The first-order valence-corrected chi connectivity index (χ1v) is 6.94. The van der Waals surface area contributed by atoms with Gasteiger partial charge in [0.2, 0.25) is 11.6 Å². The number of hydrogen-bond donors (Lipinski definition) is 0. The molecule has 0 aliphatic carbocycles. The molecule has 0 saturated carbocycles. The quantitative estimate of drug-likeness (QED) is 0.636. The first-order valence-electron chi connectivity index (χ1n) is 6.94. The Hall–Kier alpha value is -3.14. The predicted molar refractivity (Wildman–Crippen MR) is 80.5 cm³/mol. The highest BCUT2D eigenvalue weighted by atomic mass is 16.6. The lowest BCUT2D eigenvalue weighted by Crippen LogP contribution is -2.24. The lowest BCUT2D eigenvalue weighted by molar-refractivity contribution is -0.385. The fourth-order valence-electron chi connectivity index (χ4n) is 2.50. The molecule has 0 saturated heterocycles. The van der Waals surface area contributed by atoms with E-state index in [1.54, 1.807) is 12.1 Å². The minimum Gasteiger partial charge on any atom is -0.483 e. The van der Waals surface area contributed by atoms with Crippen molar-refractivity contribution in [3.8, 4) is 23.4 Å². The fraction of sp³-hybridized carbons (Fsp3) is 0.250. The number of benzene rings is 1. The molecule has 116 valence electrons. The summed E-state index contributed by atoms with van der Waals surface area (Å²) in [5.41, 5.74) is 0.0643. The van der Waals surface area contributed by atoms with Crippen molar-refractivity contribution >= 4 is 5.69 Å². The van der Waals surface area contributed by atoms with Gasteiger partial charge in [-0.05, 0) is 19.9 Å². The second-order valence-corrected chi connectivity index (χ2v) is 5.77. The molecule has 0 spiro atoms. The largest absolute Gasteiger partial charge is 0.483 e. The van der Waals surface area contributed by atoms with Gasteiger partial charge in [-0.15, -0.1) is 0 Å². The lowest BCUT2D eigenvalue weighted by atomic mass is 10.0. The van der Waals surface area contributed by atoms with E-state index in [0.29, 0.717) is 11.5 Å². The maximum absolute atomic E-state index is 10.8. The molecule has 0 fully saturated rings. The fourth-order valence-corrected chi connectivity index (χ4v) is 2.50. The van der Waals surface area contributed by atoms with Crippen LogP contribution in [0.15, 0.2) is 30.3 Å². The molecule has 0 bridgehead atoms. The summed E-state index contributed by atoms with van der Waals surface area (Å²) in [5, 5.41) is 19.8. The Morgan fingerprint density at radius 2 is 2.17 bits per heavy atom. The van der Waals surface area contributed by atoms with Crippen LogP contribution in [0.25, 0.3) is 0 Å².